The van der Waals surface area contributed by atoms with Crippen molar-refractivity contribution in [1.29, 1.82) is 5.26 Å². The summed E-state index contributed by atoms with van der Waals surface area (Å²) in [7, 11) is 3.30. The third-order valence-electron chi connectivity index (χ3n) is 3.85. The van der Waals surface area contributed by atoms with Gasteiger partial charge >= 0.3 is 0 Å². The van der Waals surface area contributed by atoms with E-state index in [0.717, 1.165) is 5.39 Å². The Morgan fingerprint density at radius 3 is 2.46 bits per heavy atom. The monoisotopic (exact) mass is 381 g/mol. The number of hydrogen-bond donors (Lipinski definition) is 2. The van der Waals surface area contributed by atoms with Gasteiger partial charge in [0, 0.05) is 19.5 Å². The van der Waals surface area contributed by atoms with Gasteiger partial charge in [-0.1, -0.05) is 24.3 Å². The van der Waals surface area contributed by atoms with Crippen molar-refractivity contribution < 1.29 is 9.59 Å². The molecular weight excluding hydrogens is 354 g/mol. The molecule has 1 atom stereocenters. The predicted molar refractivity (Wildman–Crippen MR) is 111 cm³/mol. The molecule has 0 aliphatic carbocycles. The van der Waals surface area contributed by atoms with Gasteiger partial charge in [0.25, 0.3) is 5.91 Å². The molecule has 2 rings (SSSR count). The number of likely N-dealkylation sites (N-methyl/N-ethyl adjacent to an activating group) is 1. The third-order valence-corrected chi connectivity index (χ3v) is 3.85. The molecule has 0 radical (unpaired) electrons. The average molecular weight is 381 g/mol. The zero-order valence-electron chi connectivity index (χ0n) is 17.0. The molecule has 0 unspecified atom stereocenters. The van der Waals surface area contributed by atoms with Gasteiger partial charge in [-0.3, -0.25) is 9.59 Å². The van der Waals surface area contributed by atoms with Gasteiger partial charge in [0.15, 0.2) is 0 Å². The minimum Gasteiger partial charge on any atom is -0.349 e. The number of pyridine rings is 1. The normalized spacial score (nSPS) is 11.7. The lowest BCUT2D eigenvalue weighted by Crippen LogP contribution is -2.46. The molecule has 0 aromatic carbocycles. The van der Waals surface area contributed by atoms with E-state index < -0.39 is 6.04 Å². The molecule has 0 aliphatic rings. The second kappa shape index (κ2) is 11.3. The van der Waals surface area contributed by atoms with E-state index in [-0.39, 0.29) is 17.5 Å². The predicted octanol–water partition coefficient (Wildman–Crippen LogP) is 3.17. The van der Waals surface area contributed by atoms with Crippen LogP contribution in [0, 0.1) is 11.3 Å². The number of aromatic nitrogens is 2. The first-order valence-corrected chi connectivity index (χ1v) is 8.97. The second-order valence-electron chi connectivity index (χ2n) is 6.18. The lowest BCUT2D eigenvalue weighted by atomic mass is 10.1. The van der Waals surface area contributed by atoms with E-state index in [1.54, 1.807) is 26.2 Å². The van der Waals surface area contributed by atoms with Crippen molar-refractivity contribution >= 4 is 22.7 Å². The molecule has 0 bridgehead atoms. The first-order chi connectivity index (χ1) is 13.4. The fourth-order valence-electron chi connectivity index (χ4n) is 2.26. The summed E-state index contributed by atoms with van der Waals surface area (Å²) in [5.41, 5.74) is 1.25. The molecule has 7 heteroatoms. The smallest absolute Gasteiger partial charge is 0.268 e. The van der Waals surface area contributed by atoms with Crippen LogP contribution in [-0.4, -0.2) is 46.8 Å². The number of hydrogen-bond acceptors (Lipinski definition) is 4. The molecule has 2 N–H and O–H groups in total. The molecule has 2 aromatic rings. The summed E-state index contributed by atoms with van der Waals surface area (Å²) in [6, 6.07) is 4.56. The van der Waals surface area contributed by atoms with E-state index in [1.807, 2.05) is 51.1 Å². The Morgan fingerprint density at radius 1 is 1.25 bits per heavy atom. The number of nitriles is 1. The maximum atomic E-state index is 12.4. The van der Waals surface area contributed by atoms with Crippen molar-refractivity contribution in [3.05, 3.63) is 54.0 Å². The molecule has 148 valence electrons. The highest BCUT2D eigenvalue weighted by molar-refractivity contribution is 6.00. The summed E-state index contributed by atoms with van der Waals surface area (Å²) in [6.07, 6.45) is 9.59. The quantitative estimate of drug-likeness (QED) is 0.777. The maximum absolute atomic E-state index is 12.4. The topological polar surface area (TPSA) is 102 Å². The number of carbonyl (C=O) groups excluding carboxylic acids is 2. The summed E-state index contributed by atoms with van der Waals surface area (Å²) in [4.78, 5) is 33.0. The number of nitrogens with one attached hydrogen (secondary N) is 2. The summed E-state index contributed by atoms with van der Waals surface area (Å²) < 4.78 is 0. The highest BCUT2D eigenvalue weighted by Crippen LogP contribution is 2.15. The zero-order valence-corrected chi connectivity index (χ0v) is 17.0. The molecule has 7 nitrogen and oxygen atoms in total. The van der Waals surface area contributed by atoms with E-state index in [4.69, 9.17) is 5.26 Å². The second-order valence-corrected chi connectivity index (χ2v) is 6.18. The van der Waals surface area contributed by atoms with Gasteiger partial charge in [-0.05, 0) is 39.3 Å². The first-order valence-electron chi connectivity index (χ1n) is 8.97. The van der Waals surface area contributed by atoms with Crippen LogP contribution in [0.25, 0.3) is 10.9 Å². The molecular formula is C21H27N5O2. The average Bonchev–Trinajstić information content (AvgIpc) is 3.13. The number of fused-ring (bicyclic) bond motifs is 1. The first kappa shape index (κ1) is 22.6. The number of amides is 2. The molecule has 0 saturated carbocycles. The number of aromatic amines is 1. The molecule has 2 amide bonds. The lowest BCUT2D eigenvalue weighted by Gasteiger charge is -2.20. The number of allylic oxidation sites excluding steroid dienone is 3. The highest BCUT2D eigenvalue weighted by atomic mass is 16.2. The van der Waals surface area contributed by atoms with Gasteiger partial charge in [0.1, 0.15) is 23.5 Å². The number of carbonyl (C=O) groups is 2. The van der Waals surface area contributed by atoms with Crippen LogP contribution < -0.4 is 5.32 Å². The fourth-order valence-corrected chi connectivity index (χ4v) is 2.26. The van der Waals surface area contributed by atoms with Crippen LogP contribution in [0.4, 0.5) is 0 Å². The van der Waals surface area contributed by atoms with Gasteiger partial charge < -0.3 is 15.2 Å². The maximum Gasteiger partial charge on any atom is 0.268 e. The van der Waals surface area contributed by atoms with Crippen LogP contribution in [0.5, 0.6) is 0 Å². The largest absolute Gasteiger partial charge is 0.349 e. The SMILES string of the molecule is C/C=C/C[C@H](NC(=O)c1cc2cc(C#N)ncc2[nH]1)C(=O)N(C)C.C/C=C\C. The van der Waals surface area contributed by atoms with E-state index in [1.165, 1.54) is 11.1 Å². The Kier molecular flexibility index (Phi) is 9.17. The van der Waals surface area contributed by atoms with Crippen LogP contribution in [0.15, 0.2) is 42.6 Å². The van der Waals surface area contributed by atoms with E-state index >= 15 is 0 Å². The van der Waals surface area contributed by atoms with Crippen molar-refractivity contribution in [2.24, 2.45) is 0 Å². The van der Waals surface area contributed by atoms with Gasteiger partial charge in [-0.2, -0.15) is 5.26 Å². The Labute approximate surface area is 165 Å². The van der Waals surface area contributed by atoms with Crippen molar-refractivity contribution in [3.63, 3.8) is 0 Å². The van der Waals surface area contributed by atoms with E-state index in [2.05, 4.69) is 15.3 Å². The molecule has 0 spiro atoms. The Hall–Kier alpha value is -3.40. The van der Waals surface area contributed by atoms with Gasteiger partial charge in [-0.25, -0.2) is 4.98 Å². The summed E-state index contributed by atoms with van der Waals surface area (Å²) in [6.45, 7) is 5.86. The molecule has 0 saturated heterocycles. The van der Waals surface area contributed by atoms with Crippen LogP contribution in [0.3, 0.4) is 0 Å². The molecule has 0 fully saturated rings. The summed E-state index contributed by atoms with van der Waals surface area (Å²) in [5.74, 6) is -0.555. The standard InChI is InChI=1S/C17H19N5O2.C4H8/c1-4-5-6-13(17(24)22(2)3)21-16(23)14-8-11-7-12(9-18)19-10-15(11)20-14;1-3-4-2/h4-5,7-8,10,13,20H,6H2,1-3H3,(H,21,23);3-4H,1-2H3/b5-4+;4-3-/t13-;/m0./s1. The Morgan fingerprint density at radius 2 is 1.93 bits per heavy atom. The molecule has 28 heavy (non-hydrogen) atoms. The third kappa shape index (κ3) is 6.40. The summed E-state index contributed by atoms with van der Waals surface area (Å²) >= 11 is 0. The van der Waals surface area contributed by atoms with Crippen LogP contribution in [-0.2, 0) is 4.79 Å². The molecule has 2 aromatic heterocycles. The van der Waals surface area contributed by atoms with Gasteiger partial charge in [-0.15, -0.1) is 0 Å². The number of rotatable bonds is 5. The van der Waals surface area contributed by atoms with Crippen molar-refractivity contribution in [2.75, 3.05) is 14.1 Å². The highest BCUT2D eigenvalue weighted by Gasteiger charge is 2.22. The van der Waals surface area contributed by atoms with Crippen molar-refractivity contribution in [1.82, 2.24) is 20.2 Å². The Bertz CT molecular complexity index is 899. The van der Waals surface area contributed by atoms with Crippen LogP contribution in [0.2, 0.25) is 0 Å². The molecule has 2 heterocycles. The summed E-state index contributed by atoms with van der Waals surface area (Å²) in [5, 5.41) is 12.3. The molecule has 0 aliphatic heterocycles. The zero-order chi connectivity index (χ0) is 21.1. The van der Waals surface area contributed by atoms with Crippen molar-refractivity contribution in [3.8, 4) is 6.07 Å². The minimum absolute atomic E-state index is 0.175. The minimum atomic E-state index is -0.636. The van der Waals surface area contributed by atoms with E-state index in [0.29, 0.717) is 17.6 Å². The van der Waals surface area contributed by atoms with E-state index in [9.17, 15) is 9.59 Å². The van der Waals surface area contributed by atoms with Crippen LogP contribution in [0.1, 0.15) is 43.4 Å². The number of nitrogens with zero attached hydrogens (tertiary/aromatic N) is 3. The fraction of sp³-hybridized carbons (Fsp3) is 0.333. The van der Waals surface area contributed by atoms with Gasteiger partial charge in [0.05, 0.1) is 11.7 Å². The van der Waals surface area contributed by atoms with Crippen molar-refractivity contribution in [2.45, 2.75) is 33.2 Å². The number of H-pyrrole nitrogens is 1. The Balaban J connectivity index is 0.000000892. The van der Waals surface area contributed by atoms with Gasteiger partial charge in [0.2, 0.25) is 5.91 Å². The lowest BCUT2D eigenvalue weighted by molar-refractivity contribution is -0.130. The van der Waals surface area contributed by atoms with Crippen LogP contribution >= 0.6 is 0 Å².